The second-order valence-corrected chi connectivity index (χ2v) is 3.34. The summed E-state index contributed by atoms with van der Waals surface area (Å²) >= 11 is 0. The standard InChI is InChI=1S/C9H11N5O/c1-6-3-4-7(10)5-8(6)14-9(15)13(2)11-12-14/h3-5H,10H2,1-2H3. The Morgan fingerprint density at radius 1 is 1.33 bits per heavy atom. The van der Waals surface area contributed by atoms with Gasteiger partial charge in [0.15, 0.2) is 0 Å². The molecule has 78 valence electrons. The molecule has 0 atom stereocenters. The van der Waals surface area contributed by atoms with Gasteiger partial charge in [0.25, 0.3) is 0 Å². The van der Waals surface area contributed by atoms with E-state index >= 15 is 0 Å². The minimum absolute atomic E-state index is 0.288. The molecule has 0 aliphatic rings. The van der Waals surface area contributed by atoms with Gasteiger partial charge in [-0.05, 0) is 35.0 Å². The smallest absolute Gasteiger partial charge is 0.368 e. The van der Waals surface area contributed by atoms with Crippen LogP contribution in [0.1, 0.15) is 5.56 Å². The maximum Gasteiger partial charge on any atom is 0.368 e. The zero-order valence-corrected chi connectivity index (χ0v) is 8.51. The molecule has 2 N–H and O–H groups in total. The highest BCUT2D eigenvalue weighted by atomic mass is 16.2. The average Bonchev–Trinajstić information content (AvgIpc) is 2.52. The van der Waals surface area contributed by atoms with Crippen LogP contribution in [0.3, 0.4) is 0 Å². The van der Waals surface area contributed by atoms with E-state index in [0.29, 0.717) is 11.4 Å². The van der Waals surface area contributed by atoms with Crippen molar-refractivity contribution in [3.05, 3.63) is 34.2 Å². The fraction of sp³-hybridized carbons (Fsp3) is 0.222. The maximum absolute atomic E-state index is 11.6. The van der Waals surface area contributed by atoms with Gasteiger partial charge in [0.1, 0.15) is 0 Å². The summed E-state index contributed by atoms with van der Waals surface area (Å²) in [6.07, 6.45) is 0. The van der Waals surface area contributed by atoms with E-state index in [9.17, 15) is 4.79 Å². The van der Waals surface area contributed by atoms with Crippen LogP contribution < -0.4 is 11.4 Å². The molecule has 0 bridgehead atoms. The summed E-state index contributed by atoms with van der Waals surface area (Å²) in [4.78, 5) is 11.6. The summed E-state index contributed by atoms with van der Waals surface area (Å²) in [5, 5.41) is 7.39. The number of hydrogen-bond acceptors (Lipinski definition) is 4. The van der Waals surface area contributed by atoms with E-state index < -0.39 is 0 Å². The number of nitrogen functional groups attached to an aromatic ring is 1. The number of nitrogens with zero attached hydrogens (tertiary/aromatic N) is 4. The molecular weight excluding hydrogens is 194 g/mol. The highest BCUT2D eigenvalue weighted by Gasteiger charge is 2.08. The molecule has 0 unspecified atom stereocenters. The van der Waals surface area contributed by atoms with Crippen molar-refractivity contribution in [1.29, 1.82) is 0 Å². The van der Waals surface area contributed by atoms with Crippen molar-refractivity contribution in [2.75, 3.05) is 5.73 Å². The first-order chi connectivity index (χ1) is 7.09. The van der Waals surface area contributed by atoms with Gasteiger partial charge in [0, 0.05) is 12.7 Å². The Labute approximate surface area is 85.9 Å². The predicted octanol–water partition coefficient (Wildman–Crippen LogP) is -0.143. The molecule has 2 aromatic rings. The van der Waals surface area contributed by atoms with Gasteiger partial charge in [-0.1, -0.05) is 6.07 Å². The molecule has 6 heteroatoms. The largest absolute Gasteiger partial charge is 0.399 e. The maximum atomic E-state index is 11.6. The van der Waals surface area contributed by atoms with Crippen LogP contribution in [0.2, 0.25) is 0 Å². The lowest BCUT2D eigenvalue weighted by molar-refractivity contribution is 0.692. The fourth-order valence-corrected chi connectivity index (χ4v) is 1.32. The van der Waals surface area contributed by atoms with E-state index in [2.05, 4.69) is 10.4 Å². The Bertz CT molecular complexity index is 554. The SMILES string of the molecule is Cc1ccc(N)cc1-n1nnn(C)c1=O. The molecule has 0 aliphatic carbocycles. The highest BCUT2D eigenvalue weighted by molar-refractivity contribution is 5.51. The van der Waals surface area contributed by atoms with Crippen LogP contribution in [0.25, 0.3) is 5.69 Å². The summed E-state index contributed by atoms with van der Waals surface area (Å²) in [6.45, 7) is 1.88. The Morgan fingerprint density at radius 3 is 2.67 bits per heavy atom. The summed E-state index contributed by atoms with van der Waals surface area (Å²) in [6, 6.07) is 5.32. The molecule has 2 rings (SSSR count). The average molecular weight is 205 g/mol. The van der Waals surface area contributed by atoms with Crippen LogP contribution >= 0.6 is 0 Å². The summed E-state index contributed by atoms with van der Waals surface area (Å²) < 4.78 is 2.40. The molecule has 0 saturated carbocycles. The van der Waals surface area contributed by atoms with Crippen LogP contribution in [0, 0.1) is 6.92 Å². The van der Waals surface area contributed by atoms with Gasteiger partial charge in [-0.3, -0.25) is 0 Å². The second-order valence-electron chi connectivity index (χ2n) is 3.34. The van der Waals surface area contributed by atoms with Crippen molar-refractivity contribution < 1.29 is 0 Å². The topological polar surface area (TPSA) is 78.7 Å². The Kier molecular flexibility index (Phi) is 2.03. The van der Waals surface area contributed by atoms with E-state index in [0.717, 1.165) is 5.56 Å². The van der Waals surface area contributed by atoms with Gasteiger partial charge in [0.2, 0.25) is 0 Å². The highest BCUT2D eigenvalue weighted by Crippen LogP contribution is 2.14. The monoisotopic (exact) mass is 205 g/mol. The predicted molar refractivity (Wildman–Crippen MR) is 55.7 cm³/mol. The molecule has 6 nitrogen and oxygen atoms in total. The number of aromatic nitrogens is 4. The van der Waals surface area contributed by atoms with E-state index in [1.54, 1.807) is 19.2 Å². The van der Waals surface area contributed by atoms with Crippen molar-refractivity contribution in [1.82, 2.24) is 19.8 Å². The van der Waals surface area contributed by atoms with E-state index in [1.807, 2.05) is 13.0 Å². The summed E-state index contributed by atoms with van der Waals surface area (Å²) in [7, 11) is 1.55. The van der Waals surface area contributed by atoms with E-state index in [4.69, 9.17) is 5.73 Å². The first-order valence-corrected chi connectivity index (χ1v) is 4.45. The molecule has 0 aliphatic heterocycles. The van der Waals surface area contributed by atoms with E-state index in [-0.39, 0.29) is 5.69 Å². The number of hydrogen-bond donors (Lipinski definition) is 1. The normalized spacial score (nSPS) is 10.5. The lowest BCUT2D eigenvalue weighted by atomic mass is 10.2. The molecule has 0 radical (unpaired) electrons. The first-order valence-electron chi connectivity index (χ1n) is 4.45. The number of nitrogens with two attached hydrogens (primary N) is 1. The molecular formula is C9H11N5O. The van der Waals surface area contributed by atoms with Gasteiger partial charge in [-0.2, -0.15) is 9.36 Å². The first kappa shape index (κ1) is 9.45. The van der Waals surface area contributed by atoms with Crippen molar-refractivity contribution >= 4 is 5.69 Å². The van der Waals surface area contributed by atoms with Crippen LogP contribution in [-0.2, 0) is 7.05 Å². The minimum Gasteiger partial charge on any atom is -0.399 e. The Balaban J connectivity index is 2.69. The van der Waals surface area contributed by atoms with Crippen LogP contribution in [0.4, 0.5) is 5.69 Å². The van der Waals surface area contributed by atoms with Crippen LogP contribution in [0.15, 0.2) is 23.0 Å². The van der Waals surface area contributed by atoms with Crippen molar-refractivity contribution in [2.45, 2.75) is 6.92 Å². The molecule has 0 spiro atoms. The molecule has 1 aromatic heterocycles. The molecule has 0 saturated heterocycles. The molecule has 0 fully saturated rings. The van der Waals surface area contributed by atoms with Crippen LogP contribution in [0.5, 0.6) is 0 Å². The molecule has 1 heterocycles. The van der Waals surface area contributed by atoms with Crippen molar-refractivity contribution in [3.8, 4) is 5.69 Å². The zero-order valence-electron chi connectivity index (χ0n) is 8.51. The lowest BCUT2D eigenvalue weighted by Crippen LogP contribution is -2.22. The third-order valence-corrected chi connectivity index (χ3v) is 2.18. The summed E-state index contributed by atoms with van der Waals surface area (Å²) in [5.41, 5.74) is 7.54. The Hall–Kier alpha value is -2.11. The molecule has 1 aromatic carbocycles. The number of tetrazole rings is 1. The number of benzene rings is 1. The molecule has 15 heavy (non-hydrogen) atoms. The number of rotatable bonds is 1. The second kappa shape index (κ2) is 3.23. The number of anilines is 1. The van der Waals surface area contributed by atoms with Gasteiger partial charge in [-0.15, -0.1) is 0 Å². The van der Waals surface area contributed by atoms with Gasteiger partial charge < -0.3 is 5.73 Å². The fourth-order valence-electron chi connectivity index (χ4n) is 1.32. The van der Waals surface area contributed by atoms with Crippen LogP contribution in [-0.4, -0.2) is 19.8 Å². The Morgan fingerprint density at radius 2 is 2.07 bits per heavy atom. The van der Waals surface area contributed by atoms with Gasteiger partial charge in [0.05, 0.1) is 5.69 Å². The zero-order chi connectivity index (χ0) is 11.0. The third-order valence-electron chi connectivity index (χ3n) is 2.18. The van der Waals surface area contributed by atoms with Gasteiger partial charge >= 0.3 is 5.69 Å². The molecule has 0 amide bonds. The van der Waals surface area contributed by atoms with E-state index in [1.165, 1.54) is 9.36 Å². The van der Waals surface area contributed by atoms with Gasteiger partial charge in [-0.25, -0.2) is 4.79 Å². The summed E-state index contributed by atoms with van der Waals surface area (Å²) in [5.74, 6) is 0. The minimum atomic E-state index is -0.288. The number of aryl methyl sites for hydroxylation is 2. The van der Waals surface area contributed by atoms with Crippen molar-refractivity contribution in [2.24, 2.45) is 7.05 Å². The lowest BCUT2D eigenvalue weighted by Gasteiger charge is -2.03. The quantitative estimate of drug-likeness (QED) is 0.657. The third kappa shape index (κ3) is 1.50. The van der Waals surface area contributed by atoms with Crippen molar-refractivity contribution in [3.63, 3.8) is 0 Å².